The molecule has 1 aliphatic rings. The quantitative estimate of drug-likeness (QED) is 0.161. The lowest BCUT2D eigenvalue weighted by Crippen LogP contribution is -2.17. The first kappa shape index (κ1) is 17.5. The molecule has 11 aromatic carbocycles. The van der Waals surface area contributed by atoms with E-state index < -0.39 is 299 Å². The summed E-state index contributed by atoms with van der Waals surface area (Å²) < 4.78 is 310. The number of anilines is 3. The Balaban J connectivity index is 1.32. The van der Waals surface area contributed by atoms with Gasteiger partial charge in [0.2, 0.25) is 0 Å². The van der Waals surface area contributed by atoms with Crippen molar-refractivity contribution in [2.24, 2.45) is 0 Å². The van der Waals surface area contributed by atoms with Crippen LogP contribution in [0, 0.1) is 0 Å². The lowest BCUT2D eigenvalue weighted by molar-refractivity contribution is 0.660. The van der Waals surface area contributed by atoms with Crippen molar-refractivity contribution < 1.29 is 48.3 Å². The summed E-state index contributed by atoms with van der Waals surface area (Å²) in [5, 5.41) is -5.11. The molecule has 0 amide bonds. The fraction of sp³-hybridized carbons (Fsp3) is 0.0476. The highest BCUT2D eigenvalue weighted by Gasteiger charge is 2.36. The van der Waals surface area contributed by atoms with Crippen molar-refractivity contribution in [1.29, 1.82) is 0 Å². The van der Waals surface area contributed by atoms with Gasteiger partial charge in [-0.2, -0.15) is 0 Å². The number of fused-ring (bicyclic) bond motifs is 15. The summed E-state index contributed by atoms with van der Waals surface area (Å²) >= 11 is 0. The highest BCUT2D eigenvalue weighted by atomic mass is 16.3. The minimum atomic E-state index is -1.76. The van der Waals surface area contributed by atoms with E-state index in [4.69, 9.17) is 20.9 Å². The van der Waals surface area contributed by atoms with Crippen LogP contribution in [-0.2, 0) is 5.41 Å². The maximum absolute atomic E-state index is 11.1. The normalized spacial score (nSPS) is 21.3. The number of rotatable bonds is 5. The van der Waals surface area contributed by atoms with E-state index in [0.29, 0.717) is 4.90 Å². The first-order valence-corrected chi connectivity index (χ1v) is 20.2. The number of benzene rings is 11. The average molecular weight is 875 g/mol. The third-order valence-electron chi connectivity index (χ3n) is 12.0. The largest absolute Gasteiger partial charge is 0.456 e. The molecule has 0 spiro atoms. The molecule has 0 bridgehead atoms. The highest BCUT2D eigenvalue weighted by Crippen LogP contribution is 2.52. The Kier molecular flexibility index (Phi) is 3.67. The number of nitrogens with zero attached hydrogens (tertiary/aromatic N) is 2. The third kappa shape index (κ3) is 5.26. The Hall–Kier alpha value is -8.40. The summed E-state index contributed by atoms with van der Waals surface area (Å²) in [7, 11) is 0. The van der Waals surface area contributed by atoms with Crippen molar-refractivity contribution in [1.82, 2.24) is 4.57 Å². The molecule has 0 N–H and O–H groups in total. The van der Waals surface area contributed by atoms with Crippen LogP contribution in [0.25, 0.3) is 104 Å². The fourth-order valence-corrected chi connectivity index (χ4v) is 9.03. The fourth-order valence-electron chi connectivity index (χ4n) is 9.03. The molecule has 14 rings (SSSR count). The molecule has 1 unspecified atom stereocenters. The molecule has 66 heavy (non-hydrogen) atoms. The van der Waals surface area contributed by atoms with Crippen LogP contribution in [0.4, 0.5) is 17.1 Å². The second-order valence-corrected chi connectivity index (χ2v) is 15.7. The zero-order chi connectivity index (χ0) is 71.4. The summed E-state index contributed by atoms with van der Waals surface area (Å²) in [6.07, 6.45) is 0. The molecule has 3 nitrogen and oxygen atoms in total. The van der Waals surface area contributed by atoms with E-state index in [-0.39, 0.29) is 33.0 Å². The van der Waals surface area contributed by atoms with Crippen LogP contribution in [0.1, 0.15) is 68.8 Å². The minimum Gasteiger partial charge on any atom is -0.456 e. The van der Waals surface area contributed by atoms with Crippen molar-refractivity contribution >= 4 is 93.1 Å². The lowest BCUT2D eigenvalue weighted by Gasteiger charge is -2.31. The van der Waals surface area contributed by atoms with Crippen molar-refractivity contribution in [3.8, 4) is 27.9 Å². The van der Waals surface area contributed by atoms with E-state index in [0.717, 1.165) is 28.8 Å². The SMILES string of the molecule is [2H]CC1(C)c2cc([2H])c([2H])c([2H])c2-c2c1cc(N(c1c([2H])c([2H])c([2H])c(-c3c([2H])c([2H])c4oc5c([2H])c([2H])cc([2H])c5c4c3[2H])c1[2H])c1c(-n3c4c([2H])c([2H])c([2H])c([2H])c4c4c([2H])c([2H])c([2H])c([2H])c43)c([2H])c3c4c([2H])cc([2H])c([2H])c4c4cc([2H])c([2H])c([2H])c4c3c1[2H])c([2H])c2[2H]. The van der Waals surface area contributed by atoms with Gasteiger partial charge in [-0.3, -0.25) is 0 Å². The number of para-hydroxylation sites is 3. The Bertz CT molecular complexity index is 5960. The molecule has 0 saturated carbocycles. The summed E-state index contributed by atoms with van der Waals surface area (Å²) in [5.74, 6) is 0. The van der Waals surface area contributed by atoms with Crippen LogP contribution in [0.3, 0.4) is 0 Å². The van der Waals surface area contributed by atoms with Gasteiger partial charge in [0.05, 0.1) is 64.9 Å². The second kappa shape index (κ2) is 13.8. The van der Waals surface area contributed by atoms with Gasteiger partial charge in [-0.05, 0) is 132 Å². The number of hydrogen-bond acceptors (Lipinski definition) is 2. The molecule has 0 saturated heterocycles. The van der Waals surface area contributed by atoms with Crippen molar-refractivity contribution in [2.45, 2.75) is 19.2 Å². The molecule has 0 fully saturated rings. The molecule has 310 valence electrons. The Morgan fingerprint density at radius 2 is 1.14 bits per heavy atom. The van der Waals surface area contributed by atoms with Crippen LogP contribution in [0.15, 0.2) is 222 Å². The predicted molar refractivity (Wildman–Crippen MR) is 278 cm³/mol. The van der Waals surface area contributed by atoms with Gasteiger partial charge in [-0.1, -0.05) is 165 Å². The lowest BCUT2D eigenvalue weighted by atomic mass is 9.82. The number of furan rings is 1. The van der Waals surface area contributed by atoms with Gasteiger partial charge in [0, 0.05) is 39.7 Å². The first-order chi connectivity index (χ1) is 45.9. The Labute approximate surface area is 427 Å². The second-order valence-electron chi connectivity index (χ2n) is 15.7. The molecule has 2 aromatic heterocycles. The van der Waals surface area contributed by atoms with Crippen LogP contribution >= 0.6 is 0 Å². The first-order valence-electron chi connectivity index (χ1n) is 36.4. The van der Waals surface area contributed by atoms with Gasteiger partial charge in [-0.15, -0.1) is 0 Å². The van der Waals surface area contributed by atoms with Gasteiger partial charge < -0.3 is 13.9 Å². The molecule has 1 atom stereocenters. The predicted octanol–water partition coefficient (Wildman–Crippen LogP) is 17.6. The maximum atomic E-state index is 11.1. The van der Waals surface area contributed by atoms with E-state index in [1.54, 1.807) is 0 Å². The van der Waals surface area contributed by atoms with Crippen LogP contribution in [0.5, 0.6) is 0 Å². The molecule has 0 radical (unpaired) electrons. The monoisotopic (exact) mass is 875 g/mol. The van der Waals surface area contributed by atoms with Gasteiger partial charge in [0.15, 0.2) is 0 Å². The number of aromatic nitrogens is 1. The molecular weight excluding hydrogens is 801 g/mol. The molecule has 0 aliphatic heterocycles. The number of hydrogen-bond donors (Lipinski definition) is 0. The van der Waals surface area contributed by atoms with Crippen molar-refractivity contribution in [2.75, 3.05) is 4.90 Å². The molecule has 3 heteroatoms. The van der Waals surface area contributed by atoms with Crippen molar-refractivity contribution in [3.63, 3.8) is 0 Å². The van der Waals surface area contributed by atoms with Gasteiger partial charge in [0.1, 0.15) is 11.2 Å². The molecule has 13 aromatic rings. The minimum absolute atomic E-state index is 0.0417. The zero-order valence-corrected chi connectivity index (χ0v) is 33.9. The van der Waals surface area contributed by atoms with E-state index in [1.807, 2.05) is 0 Å². The summed E-state index contributed by atoms with van der Waals surface area (Å²) in [5.41, 5.74) is -10.6. The standard InChI is InChI=1S/C63H42N2O/c1-63(2)55-26-11-7-22-47(55)48-32-31-42(36-56(48)63)64(41-17-15-16-39(34-41)40-30-33-62-54(35-40)51-25-10-14-29-61(51)66-62)59-37-52-45-20-5-3-18-43(45)44-19-4-6-21-46(44)53(52)38-60(59)65-57-27-12-8-23-49(57)50-24-9-13-28-58(50)65/h3-38H,1-2H3/i1D,3D,4D,5D,7D,8D,9D,11D,12D,13D,14D,15D,16D,17D,19D,20D,21D,22D,23D,24D,25D,27D,28D,29D,30D,31D,32D,33D,34D,35D,37D,38D. The Morgan fingerprint density at radius 1 is 0.470 bits per heavy atom. The van der Waals surface area contributed by atoms with Crippen LogP contribution in [0.2, 0.25) is 0 Å². The average Bonchev–Trinajstić information content (AvgIpc) is 1.24. The third-order valence-corrected chi connectivity index (χ3v) is 12.0. The van der Waals surface area contributed by atoms with E-state index in [2.05, 4.69) is 0 Å². The zero-order valence-electron chi connectivity index (χ0n) is 65.9. The summed E-state index contributed by atoms with van der Waals surface area (Å²) in [6.45, 7) is 0.776. The van der Waals surface area contributed by atoms with Gasteiger partial charge >= 0.3 is 0 Å². The van der Waals surface area contributed by atoms with Crippen LogP contribution in [-0.4, -0.2) is 4.57 Å². The smallest absolute Gasteiger partial charge is 0.135 e. The Morgan fingerprint density at radius 3 is 2.00 bits per heavy atom. The topological polar surface area (TPSA) is 21.3 Å². The molecule has 1 aliphatic carbocycles. The van der Waals surface area contributed by atoms with E-state index in [1.165, 1.54) is 13.0 Å². The molecule has 2 heterocycles. The molecular formula is C63H42N2O. The van der Waals surface area contributed by atoms with E-state index in [9.17, 15) is 27.4 Å². The highest BCUT2D eigenvalue weighted by molar-refractivity contribution is 6.26. The van der Waals surface area contributed by atoms with E-state index >= 15 is 0 Å². The van der Waals surface area contributed by atoms with Crippen LogP contribution < -0.4 is 4.90 Å². The summed E-state index contributed by atoms with van der Waals surface area (Å²) in [6, 6.07) is -21.8. The van der Waals surface area contributed by atoms with Gasteiger partial charge in [0.25, 0.3) is 0 Å². The summed E-state index contributed by atoms with van der Waals surface area (Å²) in [4.78, 5) is 0.645. The van der Waals surface area contributed by atoms with Gasteiger partial charge in [-0.25, -0.2) is 0 Å². The maximum Gasteiger partial charge on any atom is 0.135 e. The van der Waals surface area contributed by atoms with Crippen molar-refractivity contribution in [3.05, 3.63) is 229 Å².